The van der Waals surface area contributed by atoms with Crippen molar-refractivity contribution in [1.82, 2.24) is 9.80 Å². The molecular weight excluding hydrogens is 561 g/mol. The summed E-state index contributed by atoms with van der Waals surface area (Å²) in [5.74, 6) is -2.65. The van der Waals surface area contributed by atoms with Crippen molar-refractivity contribution in [3.63, 3.8) is 0 Å². The molecule has 0 heterocycles. The van der Waals surface area contributed by atoms with Crippen molar-refractivity contribution in [2.45, 2.75) is 83.2 Å². The molecule has 6 nitrogen and oxygen atoms in total. The molecule has 0 spiro atoms. The largest absolute Gasteiger partial charge is 0.431 e. The maximum absolute atomic E-state index is 14.4. The molecule has 0 bridgehead atoms. The molecule has 1 amide bonds. The Morgan fingerprint density at radius 3 is 2.05 bits per heavy atom. The van der Waals surface area contributed by atoms with Crippen molar-refractivity contribution in [3.8, 4) is 0 Å². The topological polar surface area (TPSA) is 84.7 Å². The van der Waals surface area contributed by atoms with Crippen LogP contribution >= 0.6 is 23.2 Å². The van der Waals surface area contributed by atoms with Crippen LogP contribution < -0.4 is 0 Å². The molecular formula is C27H33Cl2F4N3O3. The third kappa shape index (κ3) is 7.13. The number of hydrogen-bond donors (Lipinski definition) is 2. The number of nitrogens with one attached hydrogen (secondary N) is 1. The summed E-state index contributed by atoms with van der Waals surface area (Å²) in [5.41, 5.74) is -3.62. The number of halogens is 6. The second kappa shape index (κ2) is 11.4. The van der Waals surface area contributed by atoms with Crippen molar-refractivity contribution >= 4 is 41.1 Å². The lowest BCUT2D eigenvalue weighted by atomic mass is 9.75. The van der Waals surface area contributed by atoms with Crippen molar-refractivity contribution in [2.75, 3.05) is 13.6 Å². The first-order chi connectivity index (χ1) is 17.9. The van der Waals surface area contributed by atoms with E-state index >= 15 is 0 Å². The van der Waals surface area contributed by atoms with Gasteiger partial charge in [0.1, 0.15) is 11.5 Å². The average molecular weight is 594 g/mol. The second-order valence-corrected chi connectivity index (χ2v) is 12.4. The first-order valence-electron chi connectivity index (χ1n) is 12.6. The van der Waals surface area contributed by atoms with Crippen LogP contribution in [0.15, 0.2) is 23.4 Å². The molecule has 0 radical (unpaired) electrons. The van der Waals surface area contributed by atoms with Crippen LogP contribution in [0.4, 0.5) is 17.6 Å². The van der Waals surface area contributed by atoms with Crippen LogP contribution in [0.2, 0.25) is 10.0 Å². The molecule has 2 aliphatic carbocycles. The predicted octanol–water partition coefficient (Wildman–Crippen LogP) is 6.42. The van der Waals surface area contributed by atoms with Gasteiger partial charge in [0, 0.05) is 25.3 Å². The molecule has 0 unspecified atom stereocenters. The quantitative estimate of drug-likeness (QED) is 0.157. The van der Waals surface area contributed by atoms with E-state index in [4.69, 9.17) is 28.6 Å². The molecule has 3 rings (SSSR count). The summed E-state index contributed by atoms with van der Waals surface area (Å²) >= 11 is 12.1. The summed E-state index contributed by atoms with van der Waals surface area (Å²) in [5, 5.41) is 17.3. The number of aliphatic hydroxyl groups is 1. The van der Waals surface area contributed by atoms with Gasteiger partial charge in [-0.25, -0.2) is 4.39 Å². The Labute approximate surface area is 235 Å². The van der Waals surface area contributed by atoms with Crippen LogP contribution in [0, 0.1) is 16.6 Å². The van der Waals surface area contributed by atoms with Gasteiger partial charge in [-0.15, -0.1) is 0 Å². The number of rotatable bonds is 8. The zero-order valence-corrected chi connectivity index (χ0v) is 23.8. The van der Waals surface area contributed by atoms with Crippen molar-refractivity contribution in [3.05, 3.63) is 44.8 Å². The highest BCUT2D eigenvalue weighted by Gasteiger charge is 2.48. The molecule has 0 aliphatic heterocycles. The monoisotopic (exact) mass is 593 g/mol. The molecule has 0 aromatic heterocycles. The molecule has 2 N–H and O–H groups in total. The molecule has 2 aliphatic rings. The van der Waals surface area contributed by atoms with E-state index in [1.54, 1.807) is 0 Å². The Kier molecular flexibility index (Phi) is 9.14. The zero-order valence-electron chi connectivity index (χ0n) is 22.3. The van der Waals surface area contributed by atoms with Gasteiger partial charge in [0.05, 0.1) is 33.3 Å². The maximum Gasteiger partial charge on any atom is 0.431 e. The highest BCUT2D eigenvalue weighted by atomic mass is 35.5. The van der Waals surface area contributed by atoms with Gasteiger partial charge in [-0.2, -0.15) is 13.2 Å². The highest BCUT2D eigenvalue weighted by Crippen LogP contribution is 2.42. The third-order valence-electron chi connectivity index (χ3n) is 7.76. The minimum absolute atomic E-state index is 0.0441. The minimum Gasteiger partial charge on any atom is -0.390 e. The fourth-order valence-electron chi connectivity index (χ4n) is 5.45. The smallest absolute Gasteiger partial charge is 0.390 e. The molecule has 2 saturated carbocycles. The lowest BCUT2D eigenvalue weighted by molar-refractivity contribution is -0.137. The van der Waals surface area contributed by atoms with E-state index in [1.807, 2.05) is 13.8 Å². The number of amides is 1. The molecule has 1 aromatic rings. The van der Waals surface area contributed by atoms with Gasteiger partial charge in [-0.1, -0.05) is 37.0 Å². The van der Waals surface area contributed by atoms with Crippen LogP contribution in [0.3, 0.4) is 0 Å². The molecule has 2 fully saturated rings. The van der Waals surface area contributed by atoms with Crippen LogP contribution in [-0.2, 0) is 4.79 Å². The normalized spacial score (nSPS) is 23.9. The Morgan fingerprint density at radius 2 is 1.62 bits per heavy atom. The number of benzene rings is 1. The van der Waals surface area contributed by atoms with E-state index in [9.17, 15) is 32.3 Å². The number of carbonyl (C=O) groups excluding carboxylic acids is 2. The zero-order chi connectivity index (χ0) is 29.5. The summed E-state index contributed by atoms with van der Waals surface area (Å²) in [4.78, 5) is 29.1. The van der Waals surface area contributed by atoms with Crippen molar-refractivity contribution in [1.29, 1.82) is 5.41 Å². The molecule has 0 atom stereocenters. The summed E-state index contributed by atoms with van der Waals surface area (Å²) in [6, 6.07) is 0.514. The lowest BCUT2D eigenvalue weighted by Crippen LogP contribution is -2.54. The fourth-order valence-corrected chi connectivity index (χ4v) is 6.12. The Bertz CT molecular complexity index is 1140. The van der Waals surface area contributed by atoms with Crippen LogP contribution in [0.1, 0.15) is 69.7 Å². The Balaban J connectivity index is 2.05. The van der Waals surface area contributed by atoms with E-state index in [-0.39, 0.29) is 33.9 Å². The summed E-state index contributed by atoms with van der Waals surface area (Å²) in [6.07, 6.45) is -2.31. The number of alkyl halides is 3. The average Bonchev–Trinajstić information content (AvgIpc) is 2.77. The van der Waals surface area contributed by atoms with E-state index in [1.165, 1.54) is 14.0 Å². The van der Waals surface area contributed by atoms with E-state index in [2.05, 4.69) is 0 Å². The molecule has 12 heteroatoms. The second-order valence-electron chi connectivity index (χ2n) is 11.6. The van der Waals surface area contributed by atoms with Crippen LogP contribution in [0.5, 0.6) is 0 Å². The van der Waals surface area contributed by atoms with E-state index in [0.29, 0.717) is 31.9 Å². The van der Waals surface area contributed by atoms with Gasteiger partial charge in [0.2, 0.25) is 0 Å². The molecule has 0 saturated heterocycles. The third-order valence-corrected chi connectivity index (χ3v) is 8.36. The summed E-state index contributed by atoms with van der Waals surface area (Å²) in [7, 11) is 1.18. The standard InChI is InChI=1S/C27H33Cl2F4N3O3/c1-25(2)7-5-16(6-8-25)36(14-21(37)22-19(28)9-15(30)10-20(22)29)24(38)18(13-34)23(27(31,32)33)35(4)17-11-26(3,39)12-17/h9-10,13,16-17,34,39H,5-8,11-12,14H2,1-4H3/b23-18+,34-13?. The van der Waals surface area contributed by atoms with E-state index < -0.39 is 59.2 Å². The Morgan fingerprint density at radius 1 is 1.10 bits per heavy atom. The first-order valence-corrected chi connectivity index (χ1v) is 13.4. The van der Waals surface area contributed by atoms with Gasteiger partial charge in [0.15, 0.2) is 5.78 Å². The SMILES string of the molecule is CN(/C(=C(\C=N)C(=O)N(CC(=O)c1c(Cl)cc(F)cc1Cl)C1CCC(C)(C)CC1)C(F)(F)F)C1CC(C)(O)C1. The Hall–Kier alpha value is -2.17. The summed E-state index contributed by atoms with van der Waals surface area (Å²) in [6.45, 7) is 4.96. The van der Waals surface area contributed by atoms with Crippen LogP contribution in [-0.4, -0.2) is 70.3 Å². The summed E-state index contributed by atoms with van der Waals surface area (Å²) < 4.78 is 56.9. The molecule has 1 aromatic carbocycles. The lowest BCUT2D eigenvalue weighted by Gasteiger charge is -2.47. The maximum atomic E-state index is 14.4. The molecule has 39 heavy (non-hydrogen) atoms. The number of carbonyl (C=O) groups is 2. The van der Waals surface area contributed by atoms with Crippen molar-refractivity contribution < 1.29 is 32.3 Å². The minimum atomic E-state index is -4.99. The van der Waals surface area contributed by atoms with E-state index in [0.717, 1.165) is 21.9 Å². The fraction of sp³-hybridized carbons (Fsp3) is 0.593. The van der Waals surface area contributed by atoms with Crippen molar-refractivity contribution in [2.24, 2.45) is 5.41 Å². The number of nitrogens with zero attached hydrogens (tertiary/aromatic N) is 2. The number of ketones is 1. The number of hydrogen-bond acceptors (Lipinski definition) is 5. The number of Topliss-reactive ketones (excluding diaryl/α,β-unsaturated/α-hetero) is 1. The first kappa shape index (κ1) is 31.4. The van der Waals surface area contributed by atoms with Gasteiger partial charge in [-0.3, -0.25) is 9.59 Å². The molecule has 216 valence electrons. The van der Waals surface area contributed by atoms with Gasteiger partial charge < -0.3 is 20.3 Å². The van der Waals surface area contributed by atoms with Gasteiger partial charge in [-0.05, 0) is 63.0 Å². The predicted molar refractivity (Wildman–Crippen MR) is 142 cm³/mol. The van der Waals surface area contributed by atoms with Gasteiger partial charge >= 0.3 is 6.18 Å². The van der Waals surface area contributed by atoms with Crippen LogP contribution in [0.25, 0.3) is 0 Å². The highest BCUT2D eigenvalue weighted by molar-refractivity contribution is 6.40. The number of allylic oxidation sites excluding steroid dienone is 1. The van der Waals surface area contributed by atoms with Gasteiger partial charge in [0.25, 0.3) is 5.91 Å².